The number of hydrogen-bond acceptors (Lipinski definition) is 3. The van der Waals surface area contributed by atoms with Crippen molar-refractivity contribution in [2.75, 3.05) is 33.8 Å². The minimum atomic E-state index is -3.26. The Labute approximate surface area is 85.8 Å². The first-order valence-electron chi connectivity index (χ1n) is 4.77. The lowest BCUT2D eigenvalue weighted by atomic mass is 10.2. The molecule has 1 fully saturated rings. The van der Waals surface area contributed by atoms with Gasteiger partial charge in [0.15, 0.2) is 0 Å². The zero-order valence-electron chi connectivity index (χ0n) is 8.93. The van der Waals surface area contributed by atoms with Crippen LogP contribution in [0.4, 0.5) is 0 Å². The third-order valence-corrected chi connectivity index (χ3v) is 4.25. The first-order valence-corrected chi connectivity index (χ1v) is 6.17. The summed E-state index contributed by atoms with van der Waals surface area (Å²) in [6.07, 6.45) is 0.887. The largest absolute Gasteiger partial charge is 0.375 e. The SMILES string of the molecule is CC[C@H]1CN(S(=O)(=O)N(C)C)CCO1. The molecular weight excluding hydrogens is 204 g/mol. The van der Waals surface area contributed by atoms with Crippen LogP contribution in [0.2, 0.25) is 0 Å². The fraction of sp³-hybridized carbons (Fsp3) is 1.00. The number of morpholine rings is 1. The predicted molar refractivity (Wildman–Crippen MR) is 54.2 cm³/mol. The lowest BCUT2D eigenvalue weighted by molar-refractivity contribution is -0.00405. The molecule has 1 heterocycles. The summed E-state index contributed by atoms with van der Waals surface area (Å²) in [7, 11) is -0.162. The summed E-state index contributed by atoms with van der Waals surface area (Å²) in [4.78, 5) is 0. The van der Waals surface area contributed by atoms with Crippen LogP contribution < -0.4 is 0 Å². The van der Waals surface area contributed by atoms with Gasteiger partial charge in [-0.05, 0) is 6.42 Å². The Balaban J connectivity index is 2.69. The molecule has 6 heteroatoms. The van der Waals surface area contributed by atoms with Crippen LogP contribution in [0.5, 0.6) is 0 Å². The molecular formula is C8H18N2O3S. The third kappa shape index (κ3) is 2.44. The van der Waals surface area contributed by atoms with E-state index in [0.717, 1.165) is 6.42 Å². The quantitative estimate of drug-likeness (QED) is 0.670. The van der Waals surface area contributed by atoms with Gasteiger partial charge in [0.1, 0.15) is 0 Å². The van der Waals surface area contributed by atoms with Crippen LogP contribution >= 0.6 is 0 Å². The van der Waals surface area contributed by atoms with Crippen LogP contribution in [0, 0.1) is 0 Å². The highest BCUT2D eigenvalue weighted by atomic mass is 32.2. The molecule has 0 N–H and O–H groups in total. The van der Waals surface area contributed by atoms with Gasteiger partial charge in [0.2, 0.25) is 0 Å². The van der Waals surface area contributed by atoms with Gasteiger partial charge in [-0.3, -0.25) is 0 Å². The standard InChI is InChI=1S/C8H18N2O3S/c1-4-8-7-10(5-6-13-8)14(11,12)9(2)3/h8H,4-7H2,1-3H3/t8-/m0/s1. The monoisotopic (exact) mass is 222 g/mol. The van der Waals surface area contributed by atoms with Crippen molar-refractivity contribution < 1.29 is 13.2 Å². The smallest absolute Gasteiger partial charge is 0.281 e. The average molecular weight is 222 g/mol. The zero-order valence-corrected chi connectivity index (χ0v) is 9.75. The van der Waals surface area contributed by atoms with Gasteiger partial charge in [0, 0.05) is 27.2 Å². The Morgan fingerprint density at radius 3 is 2.64 bits per heavy atom. The van der Waals surface area contributed by atoms with Crippen molar-refractivity contribution in [1.82, 2.24) is 8.61 Å². The van der Waals surface area contributed by atoms with Gasteiger partial charge in [-0.25, -0.2) is 0 Å². The van der Waals surface area contributed by atoms with Crippen LogP contribution in [0.1, 0.15) is 13.3 Å². The summed E-state index contributed by atoms with van der Waals surface area (Å²) in [6.45, 7) is 3.41. The Morgan fingerprint density at radius 1 is 1.50 bits per heavy atom. The van der Waals surface area contributed by atoms with E-state index >= 15 is 0 Å². The van der Waals surface area contributed by atoms with Crippen LogP contribution in [-0.2, 0) is 14.9 Å². The molecule has 0 aromatic heterocycles. The molecule has 0 unspecified atom stereocenters. The average Bonchev–Trinajstić information content (AvgIpc) is 2.17. The molecule has 5 nitrogen and oxygen atoms in total. The highest BCUT2D eigenvalue weighted by Crippen LogP contribution is 2.13. The Morgan fingerprint density at radius 2 is 2.14 bits per heavy atom. The van der Waals surface area contributed by atoms with E-state index in [1.54, 1.807) is 14.1 Å². The Hall–Kier alpha value is -0.170. The van der Waals surface area contributed by atoms with Crippen LogP contribution in [-0.4, -0.2) is 56.9 Å². The molecule has 0 spiro atoms. The van der Waals surface area contributed by atoms with Crippen molar-refractivity contribution in [2.24, 2.45) is 0 Å². The topological polar surface area (TPSA) is 49.9 Å². The molecule has 14 heavy (non-hydrogen) atoms. The maximum atomic E-state index is 11.7. The summed E-state index contributed by atoms with van der Waals surface area (Å²) >= 11 is 0. The molecule has 0 aromatic rings. The maximum absolute atomic E-state index is 11.7. The molecule has 0 aromatic carbocycles. The summed E-state index contributed by atoms with van der Waals surface area (Å²) in [5.41, 5.74) is 0. The second-order valence-electron chi connectivity index (χ2n) is 3.55. The molecule has 1 aliphatic rings. The molecule has 0 saturated carbocycles. The van der Waals surface area contributed by atoms with Gasteiger partial charge in [-0.15, -0.1) is 0 Å². The molecule has 0 radical (unpaired) electrons. The van der Waals surface area contributed by atoms with E-state index in [9.17, 15) is 8.42 Å². The molecule has 0 bridgehead atoms. The maximum Gasteiger partial charge on any atom is 0.281 e. The van der Waals surface area contributed by atoms with E-state index in [1.165, 1.54) is 8.61 Å². The second-order valence-corrected chi connectivity index (χ2v) is 5.69. The molecule has 1 atom stereocenters. The highest BCUT2D eigenvalue weighted by molar-refractivity contribution is 7.86. The second kappa shape index (κ2) is 4.57. The summed E-state index contributed by atoms with van der Waals surface area (Å²) in [5, 5.41) is 0. The highest BCUT2D eigenvalue weighted by Gasteiger charge is 2.29. The van der Waals surface area contributed by atoms with E-state index in [1.807, 2.05) is 6.92 Å². The first-order chi connectivity index (χ1) is 6.48. The number of rotatable bonds is 3. The predicted octanol–water partition coefficient (Wildman–Crippen LogP) is -0.0964. The Bertz CT molecular complexity index is 276. The fourth-order valence-electron chi connectivity index (χ4n) is 1.38. The van der Waals surface area contributed by atoms with Crippen LogP contribution in [0.3, 0.4) is 0 Å². The lowest BCUT2D eigenvalue weighted by Crippen LogP contribution is -2.49. The molecule has 84 valence electrons. The van der Waals surface area contributed by atoms with Gasteiger partial charge in [-0.1, -0.05) is 6.92 Å². The van der Waals surface area contributed by atoms with Gasteiger partial charge in [-0.2, -0.15) is 17.0 Å². The number of hydrogen-bond donors (Lipinski definition) is 0. The zero-order chi connectivity index (χ0) is 10.8. The number of nitrogens with zero attached hydrogens (tertiary/aromatic N) is 2. The van der Waals surface area contributed by atoms with E-state index < -0.39 is 10.2 Å². The lowest BCUT2D eigenvalue weighted by Gasteiger charge is -2.33. The van der Waals surface area contributed by atoms with Gasteiger partial charge in [0.05, 0.1) is 12.7 Å². The van der Waals surface area contributed by atoms with Crippen molar-refractivity contribution >= 4 is 10.2 Å². The molecule has 0 amide bonds. The van der Waals surface area contributed by atoms with Crippen molar-refractivity contribution in [2.45, 2.75) is 19.4 Å². The summed E-state index contributed by atoms with van der Waals surface area (Å²) < 4.78 is 31.6. The summed E-state index contributed by atoms with van der Waals surface area (Å²) in [6, 6.07) is 0. The molecule has 1 saturated heterocycles. The third-order valence-electron chi connectivity index (χ3n) is 2.34. The molecule has 1 rings (SSSR count). The summed E-state index contributed by atoms with van der Waals surface area (Å²) in [5.74, 6) is 0. The van der Waals surface area contributed by atoms with Gasteiger partial charge in [0.25, 0.3) is 10.2 Å². The van der Waals surface area contributed by atoms with E-state index in [2.05, 4.69) is 0 Å². The van der Waals surface area contributed by atoms with Crippen molar-refractivity contribution in [3.63, 3.8) is 0 Å². The van der Waals surface area contributed by atoms with E-state index in [4.69, 9.17) is 4.74 Å². The van der Waals surface area contributed by atoms with E-state index in [0.29, 0.717) is 19.7 Å². The van der Waals surface area contributed by atoms with Crippen LogP contribution in [0.15, 0.2) is 0 Å². The van der Waals surface area contributed by atoms with E-state index in [-0.39, 0.29) is 6.10 Å². The van der Waals surface area contributed by atoms with Crippen molar-refractivity contribution in [3.05, 3.63) is 0 Å². The molecule has 1 aliphatic heterocycles. The minimum absolute atomic E-state index is 0.0403. The normalized spacial score (nSPS) is 25.6. The first kappa shape index (κ1) is 11.9. The fourth-order valence-corrected chi connectivity index (χ4v) is 2.50. The number of ether oxygens (including phenoxy) is 1. The van der Waals surface area contributed by atoms with Crippen LogP contribution in [0.25, 0.3) is 0 Å². The Kier molecular flexibility index (Phi) is 3.88. The van der Waals surface area contributed by atoms with Gasteiger partial charge >= 0.3 is 0 Å². The van der Waals surface area contributed by atoms with Crippen molar-refractivity contribution in [3.8, 4) is 0 Å². The van der Waals surface area contributed by atoms with Gasteiger partial charge < -0.3 is 4.74 Å². The van der Waals surface area contributed by atoms with Crippen molar-refractivity contribution in [1.29, 1.82) is 0 Å². The minimum Gasteiger partial charge on any atom is -0.375 e. The molecule has 0 aliphatic carbocycles.